The molecule has 2 rings (SSSR count). The summed E-state index contributed by atoms with van der Waals surface area (Å²) in [7, 11) is 1.84. The largest absolute Gasteiger partial charge is 0.299 e. The van der Waals surface area contributed by atoms with E-state index in [0.717, 1.165) is 17.0 Å². The first-order valence-corrected chi connectivity index (χ1v) is 6.66. The third-order valence-corrected chi connectivity index (χ3v) is 3.47. The van der Waals surface area contributed by atoms with E-state index >= 15 is 0 Å². The molecule has 0 aliphatic carbocycles. The van der Waals surface area contributed by atoms with E-state index < -0.39 is 0 Å². The van der Waals surface area contributed by atoms with Gasteiger partial charge in [0, 0.05) is 35.6 Å². The molecule has 5 heteroatoms. The number of aryl methyl sites for hydroxylation is 2. The molecule has 0 radical (unpaired) electrons. The number of benzene rings is 1. The van der Waals surface area contributed by atoms with Crippen LogP contribution >= 0.6 is 23.2 Å². The lowest BCUT2D eigenvalue weighted by atomic mass is 10.1. The van der Waals surface area contributed by atoms with Gasteiger partial charge in [0.15, 0.2) is 0 Å². The number of ketones is 1. The summed E-state index contributed by atoms with van der Waals surface area (Å²) in [5.41, 5.74) is 2.62. The number of nitrogens with zero attached hydrogens (tertiary/aromatic N) is 2. The van der Waals surface area contributed by atoms with E-state index in [1.54, 1.807) is 22.9 Å². The summed E-state index contributed by atoms with van der Waals surface area (Å²) in [5, 5.41) is 5.32. The van der Waals surface area contributed by atoms with Gasteiger partial charge in [0.05, 0.1) is 5.69 Å². The van der Waals surface area contributed by atoms with Crippen LogP contribution in [-0.4, -0.2) is 15.6 Å². The molecule has 1 aromatic carbocycles. The van der Waals surface area contributed by atoms with E-state index in [2.05, 4.69) is 5.10 Å². The SMILES string of the molecule is Cc1cc(CC(=O)Cc2ccc(Cl)cc2Cl)n(C)n1. The second-order valence-electron chi connectivity index (χ2n) is 4.53. The fraction of sp³-hybridized carbons (Fsp3) is 0.286. The highest BCUT2D eigenvalue weighted by molar-refractivity contribution is 6.35. The molecule has 0 saturated carbocycles. The van der Waals surface area contributed by atoms with Crippen LogP contribution in [0.1, 0.15) is 17.0 Å². The van der Waals surface area contributed by atoms with Crippen LogP contribution in [0.2, 0.25) is 10.0 Å². The third kappa shape index (κ3) is 3.58. The molecule has 0 unspecified atom stereocenters. The van der Waals surface area contributed by atoms with Crippen molar-refractivity contribution in [3.05, 3.63) is 51.3 Å². The van der Waals surface area contributed by atoms with Gasteiger partial charge in [-0.1, -0.05) is 29.3 Å². The Hall–Kier alpha value is -1.32. The van der Waals surface area contributed by atoms with Crippen molar-refractivity contribution in [3.63, 3.8) is 0 Å². The molecule has 19 heavy (non-hydrogen) atoms. The van der Waals surface area contributed by atoms with Gasteiger partial charge in [0.25, 0.3) is 0 Å². The van der Waals surface area contributed by atoms with Gasteiger partial charge in [-0.2, -0.15) is 5.10 Å². The van der Waals surface area contributed by atoms with E-state index in [1.165, 1.54) is 0 Å². The second kappa shape index (κ2) is 5.76. The van der Waals surface area contributed by atoms with Crippen LogP contribution in [-0.2, 0) is 24.7 Å². The lowest BCUT2D eigenvalue weighted by molar-refractivity contribution is -0.117. The van der Waals surface area contributed by atoms with Crippen LogP contribution in [0.25, 0.3) is 0 Å². The van der Waals surface area contributed by atoms with Crippen LogP contribution in [0, 0.1) is 6.92 Å². The first-order valence-electron chi connectivity index (χ1n) is 5.91. The average molecular weight is 297 g/mol. The predicted octanol–water partition coefficient (Wildman–Crippen LogP) is 3.39. The van der Waals surface area contributed by atoms with Crippen LogP contribution in [0.4, 0.5) is 0 Å². The highest BCUT2D eigenvalue weighted by Gasteiger charge is 2.11. The monoisotopic (exact) mass is 296 g/mol. The van der Waals surface area contributed by atoms with Crippen molar-refractivity contribution in [3.8, 4) is 0 Å². The lowest BCUT2D eigenvalue weighted by Gasteiger charge is -2.05. The molecule has 2 aromatic rings. The lowest BCUT2D eigenvalue weighted by Crippen LogP contribution is -2.10. The van der Waals surface area contributed by atoms with Gasteiger partial charge in [-0.05, 0) is 30.7 Å². The van der Waals surface area contributed by atoms with E-state index in [9.17, 15) is 4.79 Å². The molecule has 0 aliphatic heterocycles. The maximum absolute atomic E-state index is 12.0. The van der Waals surface area contributed by atoms with Crippen molar-refractivity contribution in [1.82, 2.24) is 9.78 Å². The maximum Gasteiger partial charge on any atom is 0.143 e. The molecule has 1 heterocycles. The zero-order valence-electron chi connectivity index (χ0n) is 10.8. The summed E-state index contributed by atoms with van der Waals surface area (Å²) >= 11 is 11.9. The minimum Gasteiger partial charge on any atom is -0.299 e. The number of carbonyl (C=O) groups excluding carboxylic acids is 1. The predicted molar refractivity (Wildman–Crippen MR) is 76.8 cm³/mol. The minimum atomic E-state index is 0.104. The molecule has 100 valence electrons. The molecule has 0 atom stereocenters. The number of Topliss-reactive ketones (excluding diaryl/α,β-unsaturated/α-hetero) is 1. The molecule has 0 N–H and O–H groups in total. The Morgan fingerprint density at radius 3 is 2.58 bits per heavy atom. The van der Waals surface area contributed by atoms with Crippen LogP contribution in [0.3, 0.4) is 0 Å². The molecular weight excluding hydrogens is 283 g/mol. The maximum atomic E-state index is 12.0. The highest BCUT2D eigenvalue weighted by atomic mass is 35.5. The smallest absolute Gasteiger partial charge is 0.143 e. The minimum absolute atomic E-state index is 0.104. The number of hydrogen-bond acceptors (Lipinski definition) is 2. The fourth-order valence-electron chi connectivity index (χ4n) is 1.97. The van der Waals surface area contributed by atoms with Crippen molar-refractivity contribution in [2.75, 3.05) is 0 Å². The fourth-order valence-corrected chi connectivity index (χ4v) is 2.45. The first-order chi connectivity index (χ1) is 8.95. The van der Waals surface area contributed by atoms with Crippen molar-refractivity contribution < 1.29 is 4.79 Å². The Bertz CT molecular complexity index is 620. The Kier molecular flexibility index (Phi) is 4.27. The number of aromatic nitrogens is 2. The van der Waals surface area contributed by atoms with Crippen LogP contribution in [0.5, 0.6) is 0 Å². The van der Waals surface area contributed by atoms with E-state index in [4.69, 9.17) is 23.2 Å². The van der Waals surface area contributed by atoms with Gasteiger partial charge in [-0.15, -0.1) is 0 Å². The molecule has 0 fully saturated rings. The normalized spacial score (nSPS) is 10.7. The Morgan fingerprint density at radius 1 is 1.26 bits per heavy atom. The van der Waals surface area contributed by atoms with Gasteiger partial charge in [-0.25, -0.2) is 0 Å². The molecule has 3 nitrogen and oxygen atoms in total. The zero-order chi connectivity index (χ0) is 14.0. The van der Waals surface area contributed by atoms with Gasteiger partial charge in [0.2, 0.25) is 0 Å². The molecule has 0 amide bonds. The van der Waals surface area contributed by atoms with E-state index in [-0.39, 0.29) is 5.78 Å². The molecule has 0 bridgehead atoms. The Labute approximate surface area is 122 Å². The number of halogens is 2. The number of hydrogen-bond donors (Lipinski definition) is 0. The van der Waals surface area contributed by atoms with Crippen molar-refractivity contribution in [1.29, 1.82) is 0 Å². The summed E-state index contributed by atoms with van der Waals surface area (Å²) < 4.78 is 1.73. The van der Waals surface area contributed by atoms with E-state index in [1.807, 2.05) is 20.0 Å². The Morgan fingerprint density at radius 2 is 2.00 bits per heavy atom. The average Bonchev–Trinajstić information content (AvgIpc) is 2.61. The molecule has 0 saturated heterocycles. The van der Waals surface area contributed by atoms with Crippen LogP contribution in [0.15, 0.2) is 24.3 Å². The number of rotatable bonds is 4. The highest BCUT2D eigenvalue weighted by Crippen LogP contribution is 2.21. The first kappa shape index (κ1) is 14.1. The molecule has 0 spiro atoms. The Balaban J connectivity index is 2.07. The second-order valence-corrected chi connectivity index (χ2v) is 5.37. The quantitative estimate of drug-likeness (QED) is 0.867. The van der Waals surface area contributed by atoms with Gasteiger partial charge in [0.1, 0.15) is 5.78 Å². The van der Waals surface area contributed by atoms with Gasteiger partial charge in [-0.3, -0.25) is 9.48 Å². The molecular formula is C14H14Cl2N2O. The van der Waals surface area contributed by atoms with E-state index in [0.29, 0.717) is 22.9 Å². The van der Waals surface area contributed by atoms with Crippen LogP contribution < -0.4 is 0 Å². The van der Waals surface area contributed by atoms with Crippen molar-refractivity contribution in [2.24, 2.45) is 7.05 Å². The summed E-state index contributed by atoms with van der Waals surface area (Å²) in [6.45, 7) is 1.91. The van der Waals surface area contributed by atoms with Crippen molar-refractivity contribution >= 4 is 29.0 Å². The summed E-state index contributed by atoms with van der Waals surface area (Å²) in [5.74, 6) is 0.104. The topological polar surface area (TPSA) is 34.9 Å². The zero-order valence-corrected chi connectivity index (χ0v) is 12.3. The summed E-state index contributed by atoms with van der Waals surface area (Å²) in [6, 6.07) is 7.10. The summed E-state index contributed by atoms with van der Waals surface area (Å²) in [6.07, 6.45) is 0.663. The standard InChI is InChI=1S/C14H14Cl2N2O/c1-9-5-12(18(2)17-9)8-13(19)6-10-3-4-11(15)7-14(10)16/h3-5,7H,6,8H2,1-2H3. The van der Waals surface area contributed by atoms with Gasteiger partial charge >= 0.3 is 0 Å². The number of carbonyl (C=O) groups is 1. The molecule has 1 aromatic heterocycles. The molecule has 0 aliphatic rings. The third-order valence-electron chi connectivity index (χ3n) is 2.88. The van der Waals surface area contributed by atoms with Gasteiger partial charge < -0.3 is 0 Å². The summed E-state index contributed by atoms with van der Waals surface area (Å²) in [4.78, 5) is 12.0. The van der Waals surface area contributed by atoms with Crippen molar-refractivity contribution in [2.45, 2.75) is 19.8 Å².